The highest BCUT2D eigenvalue weighted by atomic mass is 16.6. The zero-order valence-corrected chi connectivity index (χ0v) is 15.2. The Bertz CT molecular complexity index is 434. The van der Waals surface area contributed by atoms with Gasteiger partial charge in [-0.05, 0) is 72.4 Å². The first-order chi connectivity index (χ1) is 10.8. The molecule has 2 bridgehead atoms. The Kier molecular flexibility index (Phi) is 4.88. The highest BCUT2D eigenvalue weighted by molar-refractivity contribution is 5.68. The van der Waals surface area contributed by atoms with Gasteiger partial charge in [-0.15, -0.1) is 0 Å². The predicted octanol–water partition coefficient (Wildman–Crippen LogP) is 2.46. The van der Waals surface area contributed by atoms with Gasteiger partial charge in [0.05, 0.1) is 0 Å². The second kappa shape index (κ2) is 6.60. The van der Waals surface area contributed by atoms with Gasteiger partial charge in [0.2, 0.25) is 0 Å². The van der Waals surface area contributed by atoms with Gasteiger partial charge in [-0.25, -0.2) is 4.79 Å². The number of amides is 1. The van der Waals surface area contributed by atoms with Gasteiger partial charge in [-0.2, -0.15) is 0 Å². The molecule has 23 heavy (non-hydrogen) atoms. The molecular weight excluding hydrogens is 290 g/mol. The highest BCUT2D eigenvalue weighted by Gasteiger charge is 2.39. The minimum absolute atomic E-state index is 0.160. The Hall–Kier alpha value is -0.810. The Labute approximate surface area is 140 Å². The summed E-state index contributed by atoms with van der Waals surface area (Å²) in [7, 11) is 0. The van der Waals surface area contributed by atoms with E-state index in [4.69, 9.17) is 4.74 Å². The molecule has 0 aromatic heterocycles. The van der Waals surface area contributed by atoms with Crippen molar-refractivity contribution in [2.75, 3.05) is 26.2 Å². The molecule has 3 saturated heterocycles. The number of carbonyl (C=O) groups excluding carboxylic acids is 1. The van der Waals surface area contributed by atoms with Crippen LogP contribution in [0.4, 0.5) is 4.79 Å². The van der Waals surface area contributed by atoms with Crippen LogP contribution in [-0.2, 0) is 4.74 Å². The van der Waals surface area contributed by atoms with Crippen LogP contribution in [0.25, 0.3) is 0 Å². The van der Waals surface area contributed by atoms with Gasteiger partial charge >= 0.3 is 6.09 Å². The first kappa shape index (κ1) is 17.0. The van der Waals surface area contributed by atoms with Crippen molar-refractivity contribution in [1.82, 2.24) is 15.1 Å². The van der Waals surface area contributed by atoms with Crippen molar-refractivity contribution < 1.29 is 9.53 Å². The fourth-order valence-electron chi connectivity index (χ4n) is 4.39. The second-order valence-corrected chi connectivity index (χ2v) is 8.57. The molecular formula is C18H33N3O2. The predicted molar refractivity (Wildman–Crippen MR) is 91.5 cm³/mol. The topological polar surface area (TPSA) is 44.8 Å². The zero-order valence-electron chi connectivity index (χ0n) is 15.2. The zero-order chi connectivity index (χ0) is 16.6. The van der Waals surface area contributed by atoms with Crippen LogP contribution in [0.2, 0.25) is 0 Å². The van der Waals surface area contributed by atoms with Crippen LogP contribution >= 0.6 is 0 Å². The number of hydrogen-bond acceptors (Lipinski definition) is 4. The monoisotopic (exact) mass is 323 g/mol. The van der Waals surface area contributed by atoms with Crippen LogP contribution in [0.3, 0.4) is 0 Å². The summed E-state index contributed by atoms with van der Waals surface area (Å²) in [6.45, 7) is 12.5. The van der Waals surface area contributed by atoms with Gasteiger partial charge in [0.15, 0.2) is 0 Å². The lowest BCUT2D eigenvalue weighted by Gasteiger charge is -2.43. The molecule has 1 N–H and O–H groups in total. The molecule has 1 amide bonds. The van der Waals surface area contributed by atoms with Gasteiger partial charge in [0, 0.05) is 31.2 Å². The summed E-state index contributed by atoms with van der Waals surface area (Å²) in [5.74, 6) is 0.799. The van der Waals surface area contributed by atoms with E-state index < -0.39 is 5.60 Å². The summed E-state index contributed by atoms with van der Waals surface area (Å²) in [6, 6.07) is 1.23. The van der Waals surface area contributed by atoms with E-state index in [1.54, 1.807) is 0 Å². The molecule has 0 spiro atoms. The molecule has 0 aliphatic carbocycles. The third kappa shape index (κ3) is 4.00. The van der Waals surface area contributed by atoms with E-state index in [-0.39, 0.29) is 12.1 Å². The van der Waals surface area contributed by atoms with Crippen LogP contribution in [0, 0.1) is 5.92 Å². The Morgan fingerprint density at radius 2 is 1.83 bits per heavy atom. The van der Waals surface area contributed by atoms with Gasteiger partial charge in [0.1, 0.15) is 5.60 Å². The van der Waals surface area contributed by atoms with E-state index in [0.717, 1.165) is 25.3 Å². The first-order valence-corrected chi connectivity index (χ1v) is 9.31. The van der Waals surface area contributed by atoms with Crippen molar-refractivity contribution in [3.8, 4) is 0 Å². The average molecular weight is 323 g/mol. The van der Waals surface area contributed by atoms with Crippen LogP contribution in [0.15, 0.2) is 0 Å². The number of ether oxygens (including phenoxy) is 1. The number of nitrogens with one attached hydrogen (secondary N) is 1. The van der Waals surface area contributed by atoms with E-state index >= 15 is 0 Å². The summed E-state index contributed by atoms with van der Waals surface area (Å²) in [4.78, 5) is 17.0. The van der Waals surface area contributed by atoms with E-state index in [9.17, 15) is 4.79 Å². The lowest BCUT2D eigenvalue weighted by Crippen LogP contribution is -2.59. The molecule has 5 heteroatoms. The smallest absolute Gasteiger partial charge is 0.410 e. The Balaban J connectivity index is 1.58. The number of hydrogen-bond donors (Lipinski definition) is 1. The van der Waals surface area contributed by atoms with Crippen LogP contribution in [-0.4, -0.2) is 65.8 Å². The highest BCUT2D eigenvalue weighted by Crippen LogP contribution is 2.29. The fourth-order valence-corrected chi connectivity index (χ4v) is 4.39. The third-order valence-electron chi connectivity index (χ3n) is 5.68. The maximum atomic E-state index is 12.5. The molecule has 3 heterocycles. The summed E-state index contributed by atoms with van der Waals surface area (Å²) < 4.78 is 5.59. The molecule has 3 aliphatic heterocycles. The third-order valence-corrected chi connectivity index (χ3v) is 5.68. The number of fused-ring (bicyclic) bond motifs is 2. The maximum absolute atomic E-state index is 12.5. The van der Waals surface area contributed by atoms with Crippen LogP contribution < -0.4 is 5.32 Å². The lowest BCUT2D eigenvalue weighted by molar-refractivity contribution is 0.00532. The Morgan fingerprint density at radius 1 is 1.09 bits per heavy atom. The van der Waals surface area contributed by atoms with Crippen LogP contribution in [0.5, 0.6) is 0 Å². The van der Waals surface area contributed by atoms with Gasteiger partial charge in [-0.3, -0.25) is 0 Å². The maximum Gasteiger partial charge on any atom is 0.410 e. The van der Waals surface area contributed by atoms with Crippen molar-refractivity contribution in [3.05, 3.63) is 0 Å². The van der Waals surface area contributed by atoms with E-state index in [2.05, 4.69) is 17.1 Å². The van der Waals surface area contributed by atoms with E-state index in [1.807, 2.05) is 25.7 Å². The molecule has 0 radical (unpaired) electrons. The minimum atomic E-state index is -0.423. The molecule has 0 saturated carbocycles. The molecule has 3 fully saturated rings. The second-order valence-electron chi connectivity index (χ2n) is 8.57. The number of nitrogens with zero attached hydrogens (tertiary/aromatic N) is 2. The van der Waals surface area contributed by atoms with Gasteiger partial charge < -0.3 is 19.9 Å². The van der Waals surface area contributed by atoms with E-state index in [1.165, 1.54) is 32.5 Å². The largest absolute Gasteiger partial charge is 0.444 e. The summed E-state index contributed by atoms with van der Waals surface area (Å²) >= 11 is 0. The van der Waals surface area contributed by atoms with Crippen LogP contribution in [0.1, 0.15) is 53.4 Å². The van der Waals surface area contributed by atoms with Gasteiger partial charge in [0.25, 0.3) is 0 Å². The molecule has 0 aromatic rings. The Morgan fingerprint density at radius 3 is 2.57 bits per heavy atom. The molecule has 3 rings (SSSR count). The molecule has 0 aromatic carbocycles. The summed E-state index contributed by atoms with van der Waals surface area (Å²) in [5, 5.41) is 3.91. The average Bonchev–Trinajstić information content (AvgIpc) is 2.84. The fraction of sp³-hybridized carbons (Fsp3) is 0.944. The normalized spacial score (nSPS) is 37.7. The minimum Gasteiger partial charge on any atom is -0.444 e. The number of rotatable bonds is 2. The van der Waals surface area contributed by atoms with Crippen molar-refractivity contribution >= 4 is 6.09 Å². The number of likely N-dealkylation sites (tertiary alicyclic amines) is 1. The standard InChI is InChI=1S/C18H33N3O2/c1-13-15(19-16-8-11-20-10-7-14(16)12-20)6-5-9-21(13)17(22)23-18(2,3)4/h13-16,19H,5-12H2,1-4H3. The van der Waals surface area contributed by atoms with Crippen molar-refractivity contribution in [1.29, 1.82) is 0 Å². The summed E-state index contributed by atoms with van der Waals surface area (Å²) in [6.07, 6.45) is 4.64. The number of piperidine rings is 2. The SMILES string of the molecule is CC1C(NC2CCN3CCC2C3)CCCN1C(=O)OC(C)(C)C. The molecule has 3 aliphatic rings. The summed E-state index contributed by atoms with van der Waals surface area (Å²) in [5.41, 5.74) is -0.423. The van der Waals surface area contributed by atoms with Crippen molar-refractivity contribution in [2.24, 2.45) is 5.92 Å². The van der Waals surface area contributed by atoms with Crippen molar-refractivity contribution in [2.45, 2.75) is 77.1 Å². The molecule has 132 valence electrons. The van der Waals surface area contributed by atoms with Crippen molar-refractivity contribution in [3.63, 3.8) is 0 Å². The number of carbonyl (C=O) groups is 1. The lowest BCUT2D eigenvalue weighted by atomic mass is 9.90. The van der Waals surface area contributed by atoms with E-state index in [0.29, 0.717) is 12.1 Å². The molecule has 5 unspecified atom stereocenters. The van der Waals surface area contributed by atoms with Gasteiger partial charge in [-0.1, -0.05) is 0 Å². The molecule has 5 atom stereocenters. The quantitative estimate of drug-likeness (QED) is 0.848. The first-order valence-electron chi connectivity index (χ1n) is 9.31. The molecule has 5 nitrogen and oxygen atoms in total.